The number of carbonyl (C=O) groups is 1. The van der Waals surface area contributed by atoms with Gasteiger partial charge in [-0.05, 0) is 36.8 Å². The molecule has 0 saturated carbocycles. The first-order valence-corrected chi connectivity index (χ1v) is 12.6. The van der Waals surface area contributed by atoms with Crippen molar-refractivity contribution in [1.29, 1.82) is 0 Å². The van der Waals surface area contributed by atoms with E-state index in [0.29, 0.717) is 16.8 Å². The molecule has 1 atom stereocenters. The van der Waals surface area contributed by atoms with Crippen molar-refractivity contribution in [2.24, 2.45) is 4.99 Å². The number of nitrogens with zero attached hydrogens (tertiary/aromatic N) is 3. The molecule has 0 aliphatic carbocycles. The van der Waals surface area contributed by atoms with Gasteiger partial charge in [0.1, 0.15) is 11.6 Å². The number of non-ortho nitro benzene ring substituents is 1. The van der Waals surface area contributed by atoms with E-state index in [4.69, 9.17) is 4.74 Å². The van der Waals surface area contributed by atoms with Gasteiger partial charge < -0.3 is 9.84 Å². The highest BCUT2D eigenvalue weighted by atomic mass is 32.1. The Morgan fingerprint density at radius 1 is 1.18 bits per heavy atom. The zero-order valence-corrected chi connectivity index (χ0v) is 21.2. The van der Waals surface area contributed by atoms with Crippen LogP contribution in [0.3, 0.4) is 0 Å². The molecule has 4 aromatic rings. The van der Waals surface area contributed by atoms with Gasteiger partial charge in [-0.3, -0.25) is 19.5 Å². The minimum Gasteiger partial charge on any atom is -0.507 e. The summed E-state index contributed by atoms with van der Waals surface area (Å²) in [5.74, 6) is -1.42. The summed E-state index contributed by atoms with van der Waals surface area (Å²) in [6.07, 6.45) is 1.34. The highest BCUT2D eigenvalue weighted by Gasteiger charge is 2.35. The average Bonchev–Trinajstić information content (AvgIpc) is 3.24. The number of ether oxygens (including phenoxy) is 1. The highest BCUT2D eigenvalue weighted by Crippen LogP contribution is 2.35. The van der Waals surface area contributed by atoms with Crippen molar-refractivity contribution < 1.29 is 24.0 Å². The number of fused-ring (bicyclic) bond motifs is 1. The number of thiazole rings is 1. The number of benzene rings is 3. The van der Waals surface area contributed by atoms with E-state index >= 15 is 0 Å². The molecular weight excluding hydrogens is 525 g/mol. The summed E-state index contributed by atoms with van der Waals surface area (Å²) in [7, 11) is 0. The molecule has 0 bridgehead atoms. The van der Waals surface area contributed by atoms with Crippen LogP contribution in [-0.4, -0.2) is 27.2 Å². The van der Waals surface area contributed by atoms with E-state index in [1.807, 2.05) is 6.07 Å². The standard InChI is InChI=1S/C28H20FN3O6S/c1-2-38-27(35)23-24(16-6-4-3-5-7-16)30-28-31(25(23)17-8-10-19(29)11-9-17)26(34)22(39-28)15-18-14-20(32(36)37)12-13-21(18)33/h3-15,25,33H,2H2,1H3/b22-15-/t25-/m1/s1. The molecule has 0 radical (unpaired) electrons. The van der Waals surface area contributed by atoms with E-state index < -0.39 is 28.3 Å². The third kappa shape index (κ3) is 4.87. The fourth-order valence-corrected chi connectivity index (χ4v) is 5.31. The Hall–Kier alpha value is -4.90. The van der Waals surface area contributed by atoms with Gasteiger partial charge in [0.05, 0.1) is 33.4 Å². The first-order valence-electron chi connectivity index (χ1n) is 11.8. The van der Waals surface area contributed by atoms with Crippen LogP contribution in [0.4, 0.5) is 10.1 Å². The van der Waals surface area contributed by atoms with Gasteiger partial charge in [0.15, 0.2) is 4.80 Å². The lowest BCUT2D eigenvalue weighted by molar-refractivity contribution is -0.384. The van der Waals surface area contributed by atoms with Crippen molar-refractivity contribution in [1.82, 2.24) is 4.57 Å². The topological polar surface area (TPSA) is 124 Å². The summed E-state index contributed by atoms with van der Waals surface area (Å²) in [5, 5.41) is 21.6. The Morgan fingerprint density at radius 3 is 2.56 bits per heavy atom. The van der Waals surface area contributed by atoms with Crippen LogP contribution >= 0.6 is 11.3 Å². The van der Waals surface area contributed by atoms with Crippen molar-refractivity contribution >= 4 is 34.8 Å². The number of nitro benzene ring substituents is 1. The van der Waals surface area contributed by atoms with E-state index in [0.717, 1.165) is 23.5 Å². The molecule has 196 valence electrons. The van der Waals surface area contributed by atoms with Gasteiger partial charge in [-0.15, -0.1) is 0 Å². The van der Waals surface area contributed by atoms with Crippen LogP contribution in [0.15, 0.2) is 88.2 Å². The molecule has 0 fully saturated rings. The smallest absolute Gasteiger partial charge is 0.338 e. The summed E-state index contributed by atoms with van der Waals surface area (Å²) in [6.45, 7) is 1.74. The summed E-state index contributed by atoms with van der Waals surface area (Å²) in [5.41, 5.74) is 0.733. The van der Waals surface area contributed by atoms with Gasteiger partial charge in [0.2, 0.25) is 0 Å². The highest BCUT2D eigenvalue weighted by molar-refractivity contribution is 7.07. The maximum Gasteiger partial charge on any atom is 0.338 e. The Bertz CT molecular complexity index is 1810. The second-order valence-corrected chi connectivity index (χ2v) is 9.49. The Labute approximate surface area is 224 Å². The predicted octanol–water partition coefficient (Wildman–Crippen LogP) is 3.69. The van der Waals surface area contributed by atoms with Crippen molar-refractivity contribution in [2.45, 2.75) is 13.0 Å². The van der Waals surface area contributed by atoms with E-state index in [2.05, 4.69) is 4.99 Å². The average molecular weight is 546 g/mol. The van der Waals surface area contributed by atoms with Gasteiger partial charge in [-0.25, -0.2) is 14.2 Å². The number of esters is 1. The van der Waals surface area contributed by atoms with Gasteiger partial charge >= 0.3 is 5.97 Å². The first-order chi connectivity index (χ1) is 18.8. The molecule has 0 amide bonds. The lowest BCUT2D eigenvalue weighted by atomic mass is 9.93. The molecule has 2 heterocycles. The van der Waals surface area contributed by atoms with Crippen molar-refractivity contribution in [3.05, 3.63) is 131 Å². The van der Waals surface area contributed by atoms with Crippen LogP contribution < -0.4 is 14.9 Å². The fraction of sp³-hybridized carbons (Fsp3) is 0.107. The molecule has 39 heavy (non-hydrogen) atoms. The Balaban J connectivity index is 1.83. The Kier molecular flexibility index (Phi) is 6.90. The minimum atomic E-state index is -1.00. The zero-order chi connectivity index (χ0) is 27.7. The third-order valence-electron chi connectivity index (χ3n) is 6.07. The number of phenols is 1. The summed E-state index contributed by atoms with van der Waals surface area (Å²) < 4.78 is 20.7. The van der Waals surface area contributed by atoms with Gasteiger partial charge in [0.25, 0.3) is 11.2 Å². The van der Waals surface area contributed by atoms with Crippen LogP contribution in [0.5, 0.6) is 5.75 Å². The lowest BCUT2D eigenvalue weighted by Gasteiger charge is -2.25. The predicted molar refractivity (Wildman–Crippen MR) is 142 cm³/mol. The number of carbonyl (C=O) groups excluding carboxylic acids is 1. The molecule has 0 saturated heterocycles. The largest absolute Gasteiger partial charge is 0.507 e. The normalized spacial score (nSPS) is 15.0. The van der Waals surface area contributed by atoms with Crippen LogP contribution in [0, 0.1) is 15.9 Å². The second-order valence-electron chi connectivity index (χ2n) is 8.48. The number of aromatic hydroxyl groups is 1. The molecule has 9 nitrogen and oxygen atoms in total. The van der Waals surface area contributed by atoms with E-state index in [-0.39, 0.29) is 38.5 Å². The van der Waals surface area contributed by atoms with Gasteiger partial charge in [-0.1, -0.05) is 53.8 Å². The number of rotatable bonds is 6. The number of phenolic OH excluding ortho intramolecular Hbond substituents is 1. The Morgan fingerprint density at radius 2 is 1.90 bits per heavy atom. The molecule has 3 aromatic carbocycles. The summed E-state index contributed by atoms with van der Waals surface area (Å²) in [6, 6.07) is 16.8. The molecule has 0 spiro atoms. The molecule has 1 aliphatic rings. The summed E-state index contributed by atoms with van der Waals surface area (Å²) >= 11 is 0.994. The van der Waals surface area contributed by atoms with Gasteiger partial charge in [0, 0.05) is 23.3 Å². The molecule has 11 heteroatoms. The van der Waals surface area contributed by atoms with E-state index in [1.165, 1.54) is 41.0 Å². The monoisotopic (exact) mass is 545 g/mol. The first kappa shape index (κ1) is 25.7. The number of aromatic nitrogens is 1. The number of hydrogen-bond donors (Lipinski definition) is 1. The lowest BCUT2D eigenvalue weighted by Crippen LogP contribution is -2.40. The number of hydrogen-bond acceptors (Lipinski definition) is 8. The third-order valence-corrected chi connectivity index (χ3v) is 7.05. The zero-order valence-electron chi connectivity index (χ0n) is 20.4. The van der Waals surface area contributed by atoms with Crippen molar-refractivity contribution in [2.75, 3.05) is 6.61 Å². The molecule has 5 rings (SSSR count). The molecule has 1 N–H and O–H groups in total. The SMILES string of the molecule is CCOC(=O)C1=C(c2ccccc2)N=c2s/c(=C\c3cc([N+](=O)[O-])ccc3O)c(=O)n2[C@@H]1c1ccc(F)cc1. The van der Waals surface area contributed by atoms with Crippen molar-refractivity contribution in [3.8, 4) is 5.75 Å². The molecule has 1 aromatic heterocycles. The molecule has 0 unspecified atom stereocenters. The second kappa shape index (κ2) is 10.5. The molecular formula is C28H20FN3O6S. The van der Waals surface area contributed by atoms with Gasteiger partial charge in [-0.2, -0.15) is 0 Å². The maximum absolute atomic E-state index is 13.9. The van der Waals surface area contributed by atoms with Crippen LogP contribution in [0.1, 0.15) is 29.7 Å². The summed E-state index contributed by atoms with van der Waals surface area (Å²) in [4.78, 5) is 42.7. The maximum atomic E-state index is 13.9. The van der Waals surface area contributed by atoms with Crippen molar-refractivity contribution in [3.63, 3.8) is 0 Å². The number of nitro groups is 1. The number of halogens is 1. The van der Waals surface area contributed by atoms with E-state index in [9.17, 15) is 29.2 Å². The van der Waals surface area contributed by atoms with E-state index in [1.54, 1.807) is 31.2 Å². The quantitative estimate of drug-likeness (QED) is 0.224. The van der Waals surface area contributed by atoms with Crippen LogP contribution in [0.2, 0.25) is 0 Å². The minimum absolute atomic E-state index is 0.0701. The van der Waals surface area contributed by atoms with Crippen LogP contribution in [0.25, 0.3) is 11.8 Å². The molecule has 1 aliphatic heterocycles. The van der Waals surface area contributed by atoms with Crippen LogP contribution in [-0.2, 0) is 9.53 Å². The fourth-order valence-electron chi connectivity index (χ4n) is 4.31.